The lowest BCUT2D eigenvalue weighted by molar-refractivity contribution is 0.117. The highest BCUT2D eigenvalue weighted by Gasteiger charge is 2.25. The first-order valence-electron chi connectivity index (χ1n) is 8.31. The van der Waals surface area contributed by atoms with Crippen LogP contribution < -0.4 is 5.73 Å². The molecule has 1 aliphatic rings. The monoisotopic (exact) mass is 274 g/mol. The van der Waals surface area contributed by atoms with E-state index in [2.05, 4.69) is 43.0 Å². The van der Waals surface area contributed by atoms with Crippen LogP contribution in [0.25, 0.3) is 0 Å². The summed E-state index contributed by atoms with van der Waals surface area (Å²) in [6.07, 6.45) is 6.19. The first-order chi connectivity index (χ1) is 9.78. The van der Waals surface area contributed by atoms with Crippen LogP contribution >= 0.6 is 0 Å². The van der Waals surface area contributed by atoms with Crippen molar-refractivity contribution in [1.29, 1.82) is 0 Å². The van der Waals surface area contributed by atoms with E-state index in [-0.39, 0.29) is 0 Å². The summed E-state index contributed by atoms with van der Waals surface area (Å²) in [4.78, 5) is 2.69. The standard InChI is InChI=1S/C18H30N2/c1-3-15-7-9-17(10-8-15)18(4-2)20-13-5-6-16(14-20)11-12-19/h7-10,16,18H,3-6,11-14,19H2,1-2H3. The van der Waals surface area contributed by atoms with Gasteiger partial charge in [0.2, 0.25) is 0 Å². The van der Waals surface area contributed by atoms with Crippen LogP contribution in [-0.4, -0.2) is 24.5 Å². The summed E-state index contributed by atoms with van der Waals surface area (Å²) in [5, 5.41) is 0. The predicted molar refractivity (Wildman–Crippen MR) is 86.8 cm³/mol. The van der Waals surface area contributed by atoms with E-state index in [1.165, 1.54) is 49.9 Å². The number of nitrogens with zero attached hydrogens (tertiary/aromatic N) is 1. The highest BCUT2D eigenvalue weighted by Crippen LogP contribution is 2.30. The fourth-order valence-electron chi connectivity index (χ4n) is 3.53. The van der Waals surface area contributed by atoms with Gasteiger partial charge in [0.1, 0.15) is 0 Å². The van der Waals surface area contributed by atoms with E-state index >= 15 is 0 Å². The molecule has 112 valence electrons. The van der Waals surface area contributed by atoms with Gasteiger partial charge in [-0.1, -0.05) is 38.1 Å². The Balaban J connectivity index is 2.06. The number of nitrogens with two attached hydrogens (primary N) is 1. The third kappa shape index (κ3) is 3.83. The van der Waals surface area contributed by atoms with Crippen LogP contribution in [0.15, 0.2) is 24.3 Å². The maximum Gasteiger partial charge on any atom is 0.0345 e. The molecule has 2 heteroatoms. The van der Waals surface area contributed by atoms with Crippen LogP contribution in [0.3, 0.4) is 0 Å². The summed E-state index contributed by atoms with van der Waals surface area (Å²) in [6, 6.07) is 9.83. The average Bonchev–Trinajstić information content (AvgIpc) is 2.49. The second-order valence-corrected chi connectivity index (χ2v) is 6.10. The Labute approximate surface area is 124 Å². The summed E-state index contributed by atoms with van der Waals surface area (Å²) < 4.78 is 0. The Morgan fingerprint density at radius 2 is 2.00 bits per heavy atom. The topological polar surface area (TPSA) is 29.3 Å². The molecule has 2 N–H and O–H groups in total. The molecule has 0 radical (unpaired) electrons. The zero-order valence-corrected chi connectivity index (χ0v) is 13.1. The molecule has 1 fully saturated rings. The lowest BCUT2D eigenvalue weighted by Crippen LogP contribution is -2.38. The number of hydrogen-bond acceptors (Lipinski definition) is 2. The van der Waals surface area contributed by atoms with Crippen LogP contribution in [0.2, 0.25) is 0 Å². The normalized spacial score (nSPS) is 21.9. The number of rotatable bonds is 6. The van der Waals surface area contributed by atoms with Crippen LogP contribution in [0.4, 0.5) is 0 Å². The fraction of sp³-hybridized carbons (Fsp3) is 0.667. The van der Waals surface area contributed by atoms with Gasteiger partial charge in [-0.15, -0.1) is 0 Å². The number of hydrogen-bond donors (Lipinski definition) is 1. The SMILES string of the molecule is CCc1ccc(C(CC)N2CCCC(CCN)C2)cc1. The average molecular weight is 274 g/mol. The molecule has 0 bridgehead atoms. The Hall–Kier alpha value is -0.860. The number of piperidine rings is 1. The van der Waals surface area contributed by atoms with Gasteiger partial charge in [0, 0.05) is 12.6 Å². The van der Waals surface area contributed by atoms with Gasteiger partial charge < -0.3 is 5.73 Å². The second kappa shape index (κ2) is 7.80. The van der Waals surface area contributed by atoms with Crippen LogP contribution in [0.5, 0.6) is 0 Å². The molecule has 0 saturated carbocycles. The van der Waals surface area contributed by atoms with Crippen LogP contribution in [-0.2, 0) is 6.42 Å². The Bertz CT molecular complexity index is 383. The van der Waals surface area contributed by atoms with Gasteiger partial charge in [-0.05, 0) is 62.2 Å². The molecule has 0 amide bonds. The van der Waals surface area contributed by atoms with Crippen LogP contribution in [0, 0.1) is 5.92 Å². The van der Waals surface area contributed by atoms with Crippen molar-refractivity contribution in [2.75, 3.05) is 19.6 Å². The van der Waals surface area contributed by atoms with E-state index < -0.39 is 0 Å². The maximum absolute atomic E-state index is 5.74. The van der Waals surface area contributed by atoms with E-state index in [9.17, 15) is 0 Å². The summed E-state index contributed by atoms with van der Waals surface area (Å²) in [5.74, 6) is 0.803. The van der Waals surface area contributed by atoms with Gasteiger partial charge in [-0.2, -0.15) is 0 Å². The quantitative estimate of drug-likeness (QED) is 0.856. The second-order valence-electron chi connectivity index (χ2n) is 6.10. The Morgan fingerprint density at radius 1 is 1.25 bits per heavy atom. The van der Waals surface area contributed by atoms with E-state index in [4.69, 9.17) is 5.73 Å². The molecule has 1 heterocycles. The summed E-state index contributed by atoms with van der Waals surface area (Å²) in [5.41, 5.74) is 8.66. The molecule has 2 nitrogen and oxygen atoms in total. The lowest BCUT2D eigenvalue weighted by atomic mass is 9.91. The van der Waals surface area contributed by atoms with Gasteiger partial charge in [0.15, 0.2) is 0 Å². The third-order valence-electron chi connectivity index (χ3n) is 4.73. The minimum Gasteiger partial charge on any atom is -0.330 e. The Morgan fingerprint density at radius 3 is 2.60 bits per heavy atom. The highest BCUT2D eigenvalue weighted by molar-refractivity contribution is 5.25. The molecule has 0 aromatic heterocycles. The molecule has 2 atom stereocenters. The van der Waals surface area contributed by atoms with E-state index in [0.29, 0.717) is 6.04 Å². The zero-order chi connectivity index (χ0) is 14.4. The van der Waals surface area contributed by atoms with Crippen molar-refractivity contribution in [3.05, 3.63) is 35.4 Å². The van der Waals surface area contributed by atoms with Gasteiger partial charge in [0.25, 0.3) is 0 Å². The summed E-state index contributed by atoms with van der Waals surface area (Å²) >= 11 is 0. The van der Waals surface area contributed by atoms with E-state index in [1.807, 2.05) is 0 Å². The summed E-state index contributed by atoms with van der Waals surface area (Å²) in [7, 11) is 0. The van der Waals surface area contributed by atoms with Crippen molar-refractivity contribution >= 4 is 0 Å². The largest absolute Gasteiger partial charge is 0.330 e. The van der Waals surface area contributed by atoms with Crippen molar-refractivity contribution < 1.29 is 0 Å². The summed E-state index contributed by atoms with van der Waals surface area (Å²) in [6.45, 7) is 7.83. The van der Waals surface area contributed by atoms with Gasteiger partial charge >= 0.3 is 0 Å². The smallest absolute Gasteiger partial charge is 0.0345 e. The van der Waals surface area contributed by atoms with E-state index in [0.717, 1.165) is 18.9 Å². The fourth-order valence-corrected chi connectivity index (χ4v) is 3.53. The third-order valence-corrected chi connectivity index (χ3v) is 4.73. The molecule has 2 unspecified atom stereocenters. The molecule has 20 heavy (non-hydrogen) atoms. The van der Waals surface area contributed by atoms with Gasteiger partial charge in [0.05, 0.1) is 0 Å². The molecule has 1 aromatic carbocycles. The van der Waals surface area contributed by atoms with Crippen molar-refractivity contribution in [3.8, 4) is 0 Å². The van der Waals surface area contributed by atoms with Crippen LogP contribution in [0.1, 0.15) is 56.7 Å². The number of likely N-dealkylation sites (tertiary alicyclic amines) is 1. The highest BCUT2D eigenvalue weighted by atomic mass is 15.2. The Kier molecular flexibility index (Phi) is 6.06. The molecule has 0 spiro atoms. The minimum absolute atomic E-state index is 0.585. The molecule has 0 aliphatic carbocycles. The lowest BCUT2D eigenvalue weighted by Gasteiger charge is -2.38. The molecular formula is C18H30N2. The van der Waals surface area contributed by atoms with Gasteiger partial charge in [-0.25, -0.2) is 0 Å². The number of aryl methyl sites for hydroxylation is 1. The van der Waals surface area contributed by atoms with E-state index in [1.54, 1.807) is 0 Å². The molecule has 2 rings (SSSR count). The predicted octanol–water partition coefficient (Wildman–Crippen LogP) is 3.76. The minimum atomic E-state index is 0.585. The molecular weight excluding hydrogens is 244 g/mol. The first-order valence-corrected chi connectivity index (χ1v) is 8.31. The molecule has 1 saturated heterocycles. The number of benzene rings is 1. The molecule has 1 aliphatic heterocycles. The first kappa shape index (κ1) is 15.5. The maximum atomic E-state index is 5.74. The molecule has 1 aromatic rings. The van der Waals surface area contributed by atoms with Crippen molar-refractivity contribution in [3.63, 3.8) is 0 Å². The zero-order valence-electron chi connectivity index (χ0n) is 13.1. The van der Waals surface area contributed by atoms with Crippen molar-refractivity contribution in [1.82, 2.24) is 4.90 Å². The van der Waals surface area contributed by atoms with Gasteiger partial charge in [-0.3, -0.25) is 4.90 Å². The van der Waals surface area contributed by atoms with Crippen molar-refractivity contribution in [2.45, 2.75) is 52.0 Å². The van der Waals surface area contributed by atoms with Crippen molar-refractivity contribution in [2.24, 2.45) is 11.7 Å².